The largest absolute Gasteiger partial charge is 0.436 e. The Morgan fingerprint density at radius 2 is 1.95 bits per heavy atom. The van der Waals surface area contributed by atoms with E-state index in [2.05, 4.69) is 20.7 Å². The van der Waals surface area contributed by atoms with Crippen LogP contribution in [0.1, 0.15) is 64.0 Å². The van der Waals surface area contributed by atoms with Gasteiger partial charge in [-0.1, -0.05) is 36.4 Å². The Hall–Kier alpha value is -4.71. The highest BCUT2D eigenvalue weighted by Gasteiger charge is 2.28. The molecule has 1 heterocycles. The molecule has 2 amide bonds. The molecule has 1 aromatic heterocycles. The summed E-state index contributed by atoms with van der Waals surface area (Å²) in [7, 11) is 0. The van der Waals surface area contributed by atoms with Crippen molar-refractivity contribution in [2.24, 2.45) is 28.3 Å². The highest BCUT2D eigenvalue weighted by atomic mass is 19.1. The summed E-state index contributed by atoms with van der Waals surface area (Å²) in [4.78, 5) is 27.6. The molecule has 2 unspecified atom stereocenters. The van der Waals surface area contributed by atoms with Gasteiger partial charge in [-0.25, -0.2) is 20.3 Å². The summed E-state index contributed by atoms with van der Waals surface area (Å²) >= 11 is 0. The minimum atomic E-state index is -2.02. The number of benzene rings is 2. The van der Waals surface area contributed by atoms with E-state index in [1.165, 1.54) is 25.2 Å². The van der Waals surface area contributed by atoms with Gasteiger partial charge in [0.2, 0.25) is 12.3 Å². The molecule has 0 aliphatic rings. The second-order valence-corrected chi connectivity index (χ2v) is 10.7. The van der Waals surface area contributed by atoms with Gasteiger partial charge in [-0.05, 0) is 88.4 Å². The summed E-state index contributed by atoms with van der Waals surface area (Å²) in [5.41, 5.74) is 12.7. The number of rotatable bonds is 16. The number of allylic oxidation sites excluding steroid dienone is 3. The molecule has 3 aromatic rings. The minimum Gasteiger partial charge on any atom is -0.436 e. The fraction of sp³-hybridized carbons (Fsp3) is 0.355. The summed E-state index contributed by atoms with van der Waals surface area (Å²) < 4.78 is 19.9. The summed E-state index contributed by atoms with van der Waals surface area (Å²) in [5, 5.41) is 11.0. The summed E-state index contributed by atoms with van der Waals surface area (Å²) in [6.45, 7) is 4.55. The highest BCUT2D eigenvalue weighted by molar-refractivity contribution is 5.98. The lowest BCUT2D eigenvalue weighted by atomic mass is 9.86. The number of anilines is 1. The van der Waals surface area contributed by atoms with E-state index in [-0.39, 0.29) is 12.0 Å². The van der Waals surface area contributed by atoms with Gasteiger partial charge >= 0.3 is 0 Å². The van der Waals surface area contributed by atoms with Crippen LogP contribution in [0, 0.1) is 5.92 Å². The molecule has 230 valence electrons. The van der Waals surface area contributed by atoms with Crippen LogP contribution in [0.15, 0.2) is 76.4 Å². The number of hydrogen-bond donors (Lipinski definition) is 5. The molecule has 0 radical (unpaired) electrons. The lowest BCUT2D eigenvalue weighted by Gasteiger charge is -2.33. The SMILES string of the molecule is C/C(N)=N/N(N)C(c1ccccc1)C(CCC/C=C(\C=C/N)c1nc2cc(NC(=O)C(C)(C)F)ccc2o1)CCNC=O. The van der Waals surface area contributed by atoms with Crippen LogP contribution >= 0.6 is 0 Å². The lowest BCUT2D eigenvalue weighted by molar-refractivity contribution is -0.125. The molecule has 0 aliphatic carbocycles. The quantitative estimate of drug-likeness (QED) is 0.0307. The lowest BCUT2D eigenvalue weighted by Crippen LogP contribution is -2.37. The first-order chi connectivity index (χ1) is 20.5. The third-order valence-corrected chi connectivity index (χ3v) is 6.74. The van der Waals surface area contributed by atoms with Crippen LogP contribution in [0.3, 0.4) is 0 Å². The molecule has 0 bridgehead atoms. The second-order valence-electron chi connectivity index (χ2n) is 10.7. The van der Waals surface area contributed by atoms with E-state index < -0.39 is 11.6 Å². The normalized spacial score (nSPS) is 14.1. The van der Waals surface area contributed by atoms with Crippen molar-refractivity contribution in [3.63, 3.8) is 0 Å². The van der Waals surface area contributed by atoms with E-state index in [1.54, 1.807) is 31.2 Å². The van der Waals surface area contributed by atoms with Gasteiger partial charge in [0, 0.05) is 17.8 Å². The fourth-order valence-corrected chi connectivity index (χ4v) is 4.70. The first-order valence-electron chi connectivity index (χ1n) is 14.1. The number of fused-ring (bicyclic) bond motifs is 1. The standard InChI is InChI=1S/C31H41FN8O3/c1-21(34)39-40(35)28(22-9-5-4-6-10-22)23(16-18-36-20-41)11-7-8-12-24(15-17-33)29-38-26-19-25(13-14-27(26)43-29)37-30(42)31(2,3)32/h4-6,9-10,12-15,17,19-20,23,28H,7-8,11,16,18,33,35H2,1-3H3,(H2,34,39)(H,36,41)(H,37,42)/b17-15-,24-12+. The highest BCUT2D eigenvalue weighted by Crippen LogP contribution is 2.33. The molecule has 0 aliphatic heterocycles. The Morgan fingerprint density at radius 3 is 2.60 bits per heavy atom. The van der Waals surface area contributed by atoms with E-state index in [9.17, 15) is 14.0 Å². The van der Waals surface area contributed by atoms with Crippen LogP contribution in [-0.2, 0) is 9.59 Å². The van der Waals surface area contributed by atoms with E-state index in [0.29, 0.717) is 59.9 Å². The maximum atomic E-state index is 14.0. The van der Waals surface area contributed by atoms with E-state index in [4.69, 9.17) is 21.7 Å². The van der Waals surface area contributed by atoms with Gasteiger partial charge < -0.3 is 26.5 Å². The van der Waals surface area contributed by atoms with Crippen LogP contribution in [0.25, 0.3) is 16.7 Å². The number of oxazole rings is 1. The zero-order valence-corrected chi connectivity index (χ0v) is 24.8. The number of carbonyl (C=O) groups is 2. The van der Waals surface area contributed by atoms with Crippen LogP contribution in [0.2, 0.25) is 0 Å². The number of hydrazone groups is 1. The maximum Gasteiger partial charge on any atom is 0.261 e. The number of nitrogens with zero attached hydrogens (tertiary/aromatic N) is 3. The number of carbonyl (C=O) groups excluding carboxylic acids is 2. The van der Waals surface area contributed by atoms with Crippen molar-refractivity contribution >= 4 is 40.5 Å². The van der Waals surface area contributed by atoms with Crippen molar-refractivity contribution in [2.75, 3.05) is 11.9 Å². The van der Waals surface area contributed by atoms with Crippen molar-refractivity contribution < 1.29 is 18.4 Å². The number of nitrogens with one attached hydrogen (secondary N) is 2. The van der Waals surface area contributed by atoms with Gasteiger partial charge in [0.1, 0.15) is 11.4 Å². The summed E-state index contributed by atoms with van der Waals surface area (Å²) in [6.07, 6.45) is 8.69. The predicted octanol–water partition coefficient (Wildman–Crippen LogP) is 4.50. The smallest absolute Gasteiger partial charge is 0.261 e. The Kier molecular flexibility index (Phi) is 11.8. The average Bonchev–Trinajstić information content (AvgIpc) is 3.37. The first-order valence-corrected chi connectivity index (χ1v) is 14.1. The number of amides is 2. The zero-order valence-electron chi connectivity index (χ0n) is 24.8. The monoisotopic (exact) mass is 592 g/mol. The maximum absolute atomic E-state index is 14.0. The van der Waals surface area contributed by atoms with Crippen molar-refractivity contribution in [3.8, 4) is 0 Å². The minimum absolute atomic E-state index is 0.0390. The Labute approximate surface area is 251 Å². The number of aromatic nitrogens is 1. The molecule has 2 atom stereocenters. The number of alkyl halides is 1. The van der Waals surface area contributed by atoms with Crippen LogP contribution in [0.5, 0.6) is 0 Å². The molecule has 0 fully saturated rings. The number of amidine groups is 1. The summed E-state index contributed by atoms with van der Waals surface area (Å²) in [6, 6.07) is 14.5. The first kappa shape index (κ1) is 32.8. The third-order valence-electron chi connectivity index (χ3n) is 6.74. The number of nitrogens with two attached hydrogens (primary N) is 3. The molecule has 3 rings (SSSR count). The Balaban J connectivity index is 1.79. The zero-order chi connectivity index (χ0) is 31.4. The number of hydrazine groups is 1. The topological polar surface area (TPSA) is 178 Å². The number of halogens is 1. The van der Waals surface area contributed by atoms with Gasteiger partial charge in [-0.2, -0.15) is 0 Å². The van der Waals surface area contributed by atoms with Crippen molar-refractivity contribution in [1.82, 2.24) is 15.4 Å². The van der Waals surface area contributed by atoms with Gasteiger partial charge in [-0.15, -0.1) is 5.10 Å². The van der Waals surface area contributed by atoms with E-state index in [1.807, 2.05) is 36.4 Å². The molecular weight excluding hydrogens is 551 g/mol. The van der Waals surface area contributed by atoms with Gasteiger partial charge in [-0.3, -0.25) is 9.59 Å². The summed E-state index contributed by atoms with van der Waals surface area (Å²) in [5.74, 6) is 6.39. The van der Waals surface area contributed by atoms with E-state index in [0.717, 1.165) is 18.4 Å². The Morgan fingerprint density at radius 1 is 1.21 bits per heavy atom. The van der Waals surface area contributed by atoms with Crippen LogP contribution < -0.4 is 27.9 Å². The molecule has 11 nitrogen and oxygen atoms in total. The average molecular weight is 593 g/mol. The van der Waals surface area contributed by atoms with Gasteiger partial charge in [0.25, 0.3) is 5.91 Å². The number of hydrogen-bond acceptors (Lipinski definition) is 8. The van der Waals surface area contributed by atoms with Crippen LogP contribution in [0.4, 0.5) is 10.1 Å². The van der Waals surface area contributed by atoms with Crippen molar-refractivity contribution in [1.29, 1.82) is 0 Å². The predicted molar refractivity (Wildman–Crippen MR) is 168 cm³/mol. The molecule has 0 saturated carbocycles. The molecule has 12 heteroatoms. The van der Waals surface area contributed by atoms with Crippen LogP contribution in [-0.4, -0.2) is 40.5 Å². The van der Waals surface area contributed by atoms with Crippen molar-refractivity contribution in [2.45, 2.75) is 58.2 Å². The van der Waals surface area contributed by atoms with Crippen molar-refractivity contribution in [3.05, 3.63) is 78.3 Å². The Bertz CT molecular complexity index is 1440. The van der Waals surface area contributed by atoms with Gasteiger partial charge in [0.15, 0.2) is 11.3 Å². The number of unbranched alkanes of at least 4 members (excludes halogenated alkanes) is 1. The second kappa shape index (κ2) is 15.5. The molecule has 2 aromatic carbocycles. The van der Waals surface area contributed by atoms with E-state index >= 15 is 0 Å². The molecule has 8 N–H and O–H groups in total. The molecule has 0 saturated heterocycles. The molecular formula is C31H41FN8O3. The molecule has 43 heavy (non-hydrogen) atoms. The van der Waals surface area contributed by atoms with Gasteiger partial charge in [0.05, 0.1) is 6.04 Å². The third kappa shape index (κ3) is 9.67. The molecule has 0 spiro atoms. The fourth-order valence-electron chi connectivity index (χ4n) is 4.70.